The zero-order valence-electron chi connectivity index (χ0n) is 19.2. The van der Waals surface area contributed by atoms with E-state index >= 15 is 0 Å². The van der Waals surface area contributed by atoms with Gasteiger partial charge in [-0.1, -0.05) is 0 Å². The van der Waals surface area contributed by atoms with Gasteiger partial charge in [-0.15, -0.1) is 0 Å². The lowest BCUT2D eigenvalue weighted by atomic mass is 9.93. The molecule has 15 heteroatoms. The molecule has 4 rings (SSSR count). The second-order valence-electron chi connectivity index (χ2n) is 8.93. The summed E-state index contributed by atoms with van der Waals surface area (Å²) < 4.78 is 77.8. The van der Waals surface area contributed by atoms with Gasteiger partial charge in [0.15, 0.2) is 0 Å². The Morgan fingerprint density at radius 2 is 1.67 bits per heavy atom. The molecule has 196 valence electrons. The fourth-order valence-electron chi connectivity index (χ4n) is 4.50. The summed E-state index contributed by atoms with van der Waals surface area (Å²) in [6.45, 7) is 3.27. The number of nitrogens with one attached hydrogen (secondary N) is 1. The Bertz CT molecular complexity index is 1160. The van der Waals surface area contributed by atoms with Crippen LogP contribution in [0.4, 0.5) is 32.3 Å². The molecule has 9 nitrogen and oxygen atoms in total. The largest absolute Gasteiger partial charge is 0.421 e. The Kier molecular flexibility index (Phi) is 6.70. The molecule has 2 aliphatic heterocycles. The fourth-order valence-corrected chi connectivity index (χ4v) is 4.50. The Labute approximate surface area is 201 Å². The van der Waals surface area contributed by atoms with E-state index in [1.165, 1.54) is 0 Å². The Hall–Kier alpha value is -3.23. The lowest BCUT2D eigenvalue weighted by molar-refractivity contribution is -0.139. The van der Waals surface area contributed by atoms with E-state index in [9.17, 15) is 35.9 Å². The van der Waals surface area contributed by atoms with Crippen molar-refractivity contribution in [2.75, 3.05) is 44.2 Å². The second kappa shape index (κ2) is 9.33. The predicted molar refractivity (Wildman–Crippen MR) is 114 cm³/mol. The van der Waals surface area contributed by atoms with Crippen molar-refractivity contribution in [1.29, 1.82) is 0 Å². The number of amides is 1. The average molecular weight is 519 g/mol. The summed E-state index contributed by atoms with van der Waals surface area (Å²) >= 11 is 0. The molecule has 1 amide bonds. The molecule has 0 saturated carbocycles. The fraction of sp³-hybridized carbons (Fsp3) is 0.571. The molecule has 1 atom stereocenters. The molecule has 4 heterocycles. The molecule has 2 aromatic rings. The maximum atomic E-state index is 13.2. The van der Waals surface area contributed by atoms with Crippen molar-refractivity contribution in [3.05, 3.63) is 45.6 Å². The molecular formula is C21H23F6N7O2. The van der Waals surface area contributed by atoms with E-state index in [0.717, 1.165) is 6.07 Å². The number of anilines is 1. The van der Waals surface area contributed by atoms with Gasteiger partial charge in [-0.3, -0.25) is 14.5 Å². The van der Waals surface area contributed by atoms with Gasteiger partial charge in [-0.05, 0) is 32.4 Å². The van der Waals surface area contributed by atoms with Gasteiger partial charge in [0.1, 0.15) is 5.56 Å². The lowest BCUT2D eigenvalue weighted by Gasteiger charge is -2.38. The summed E-state index contributed by atoms with van der Waals surface area (Å²) in [7, 11) is 0. The monoisotopic (exact) mass is 519 g/mol. The molecule has 2 fully saturated rings. The van der Waals surface area contributed by atoms with E-state index in [1.807, 2.05) is 5.10 Å². The molecule has 0 spiro atoms. The first-order valence-electron chi connectivity index (χ1n) is 11.1. The minimum absolute atomic E-state index is 0.0315. The first-order chi connectivity index (χ1) is 16.8. The number of alkyl halides is 6. The average Bonchev–Trinajstić information content (AvgIpc) is 3.19. The van der Waals surface area contributed by atoms with Crippen molar-refractivity contribution in [2.45, 2.75) is 37.7 Å². The summed E-state index contributed by atoms with van der Waals surface area (Å²) in [6, 6.07) is 0.741. The van der Waals surface area contributed by atoms with Crippen molar-refractivity contribution in [3.8, 4) is 0 Å². The molecule has 0 bridgehead atoms. The summed E-state index contributed by atoms with van der Waals surface area (Å²) in [5.41, 5.74) is -4.56. The van der Waals surface area contributed by atoms with E-state index in [4.69, 9.17) is 0 Å². The third-order valence-corrected chi connectivity index (χ3v) is 6.66. The normalized spacial score (nSPS) is 21.8. The van der Waals surface area contributed by atoms with Crippen LogP contribution in [0, 0.1) is 0 Å². The predicted octanol–water partition coefficient (Wildman–Crippen LogP) is 2.26. The third-order valence-electron chi connectivity index (χ3n) is 6.66. The van der Waals surface area contributed by atoms with Crippen LogP contribution in [-0.2, 0) is 22.7 Å². The summed E-state index contributed by atoms with van der Waals surface area (Å²) in [4.78, 5) is 37.2. The van der Waals surface area contributed by atoms with Gasteiger partial charge in [-0.25, -0.2) is 15.1 Å². The molecule has 2 saturated heterocycles. The van der Waals surface area contributed by atoms with Crippen LogP contribution in [-0.4, -0.2) is 75.1 Å². The Morgan fingerprint density at radius 3 is 2.25 bits per heavy atom. The number of halogens is 6. The van der Waals surface area contributed by atoms with Gasteiger partial charge >= 0.3 is 12.4 Å². The molecule has 2 aromatic heterocycles. The lowest BCUT2D eigenvalue weighted by Crippen LogP contribution is -2.53. The first kappa shape index (κ1) is 25.9. The van der Waals surface area contributed by atoms with Crippen LogP contribution in [0.1, 0.15) is 36.6 Å². The van der Waals surface area contributed by atoms with Crippen molar-refractivity contribution >= 4 is 11.9 Å². The quantitative estimate of drug-likeness (QED) is 0.619. The summed E-state index contributed by atoms with van der Waals surface area (Å²) in [5, 5.41) is 5.77. The van der Waals surface area contributed by atoms with E-state index in [0.29, 0.717) is 44.9 Å². The Balaban J connectivity index is 1.40. The van der Waals surface area contributed by atoms with Gasteiger partial charge in [0.05, 0.1) is 23.3 Å². The smallest absolute Gasteiger partial charge is 0.338 e. The molecule has 1 unspecified atom stereocenters. The molecule has 0 radical (unpaired) electrons. The van der Waals surface area contributed by atoms with E-state index in [1.54, 1.807) is 21.6 Å². The third kappa shape index (κ3) is 5.15. The number of likely N-dealkylation sites (tertiary alicyclic amines) is 1. The highest BCUT2D eigenvalue weighted by molar-refractivity contribution is 5.78. The second-order valence-corrected chi connectivity index (χ2v) is 8.93. The van der Waals surface area contributed by atoms with Crippen molar-refractivity contribution in [3.63, 3.8) is 0 Å². The van der Waals surface area contributed by atoms with Crippen LogP contribution >= 0.6 is 0 Å². The van der Waals surface area contributed by atoms with Gasteiger partial charge in [0, 0.05) is 38.6 Å². The highest BCUT2D eigenvalue weighted by Gasteiger charge is 2.43. The number of hydrogen-bond donors (Lipinski definition) is 1. The SMILES string of the molecule is CC1(c2cc(C(F)(F)F)c(=O)[nH]n2)CCCN1CC(=O)N1CCN(c2ncc(C(F)(F)F)cn2)CC1. The maximum Gasteiger partial charge on any atom is 0.421 e. The zero-order valence-corrected chi connectivity index (χ0v) is 19.2. The van der Waals surface area contributed by atoms with Gasteiger partial charge < -0.3 is 9.80 Å². The van der Waals surface area contributed by atoms with Crippen LogP contribution in [0.15, 0.2) is 23.3 Å². The maximum absolute atomic E-state index is 13.2. The number of aromatic nitrogens is 4. The van der Waals surface area contributed by atoms with Crippen LogP contribution in [0.25, 0.3) is 0 Å². The van der Waals surface area contributed by atoms with Crippen LogP contribution in [0.5, 0.6) is 0 Å². The molecule has 0 aromatic carbocycles. The minimum Gasteiger partial charge on any atom is -0.338 e. The number of carbonyl (C=O) groups is 1. The van der Waals surface area contributed by atoms with Crippen molar-refractivity contribution in [1.82, 2.24) is 30.0 Å². The van der Waals surface area contributed by atoms with Crippen LogP contribution in [0.3, 0.4) is 0 Å². The number of aromatic amines is 1. The zero-order chi connectivity index (χ0) is 26.3. The molecular weight excluding hydrogens is 496 g/mol. The molecule has 2 aliphatic rings. The van der Waals surface area contributed by atoms with Crippen LogP contribution < -0.4 is 10.5 Å². The number of carbonyl (C=O) groups excluding carboxylic acids is 1. The van der Waals surface area contributed by atoms with Gasteiger partial charge in [0.25, 0.3) is 5.56 Å². The van der Waals surface area contributed by atoms with E-state index in [-0.39, 0.29) is 37.2 Å². The highest BCUT2D eigenvalue weighted by Crippen LogP contribution is 2.38. The minimum atomic E-state index is -4.84. The Morgan fingerprint density at radius 1 is 1.03 bits per heavy atom. The van der Waals surface area contributed by atoms with Crippen LogP contribution in [0.2, 0.25) is 0 Å². The summed E-state index contributed by atoms with van der Waals surface area (Å²) in [5.74, 6) is -0.108. The number of hydrogen-bond acceptors (Lipinski definition) is 7. The van der Waals surface area contributed by atoms with Crippen molar-refractivity contribution < 1.29 is 31.1 Å². The summed E-state index contributed by atoms with van der Waals surface area (Å²) in [6.07, 6.45) is -6.86. The number of H-pyrrole nitrogens is 1. The number of rotatable bonds is 4. The number of piperazine rings is 1. The molecule has 0 aliphatic carbocycles. The number of nitrogens with zero attached hydrogens (tertiary/aromatic N) is 6. The standard InChI is InChI=1S/C21H23F6N7O2/c1-19(15-9-14(21(25,26)27)17(36)31-30-15)3-2-4-34(19)12-16(35)32-5-7-33(8-6-32)18-28-10-13(11-29-18)20(22,23)24/h9-11H,2-8,12H2,1H3,(H,31,36). The molecule has 36 heavy (non-hydrogen) atoms. The van der Waals surface area contributed by atoms with Gasteiger partial charge in [-0.2, -0.15) is 31.4 Å². The van der Waals surface area contributed by atoms with Crippen molar-refractivity contribution in [2.24, 2.45) is 0 Å². The molecule has 1 N–H and O–H groups in total. The van der Waals surface area contributed by atoms with Gasteiger partial charge in [0.2, 0.25) is 11.9 Å². The topological polar surface area (TPSA) is 98.3 Å². The highest BCUT2D eigenvalue weighted by atomic mass is 19.4. The first-order valence-corrected chi connectivity index (χ1v) is 11.1. The van der Waals surface area contributed by atoms with E-state index < -0.39 is 34.6 Å². The van der Waals surface area contributed by atoms with E-state index in [2.05, 4.69) is 15.1 Å².